The zero-order valence-corrected chi connectivity index (χ0v) is 13.1. The molecule has 1 aliphatic heterocycles. The lowest BCUT2D eigenvalue weighted by Gasteiger charge is -2.33. The lowest BCUT2D eigenvalue weighted by atomic mass is 10.1. The van der Waals surface area contributed by atoms with Crippen LogP contribution in [-0.4, -0.2) is 39.5 Å². The Kier molecular flexibility index (Phi) is 3.68. The summed E-state index contributed by atoms with van der Waals surface area (Å²) in [4.78, 5) is 13.8. The average Bonchev–Trinajstić information content (AvgIpc) is 3.15. The summed E-state index contributed by atoms with van der Waals surface area (Å²) in [6.45, 7) is 7.19. The maximum absolute atomic E-state index is 12.0. The van der Waals surface area contributed by atoms with E-state index in [1.807, 2.05) is 31.9 Å². The summed E-state index contributed by atoms with van der Waals surface area (Å²) in [6.07, 6.45) is 8.27. The van der Waals surface area contributed by atoms with Crippen LogP contribution in [0.2, 0.25) is 0 Å². The van der Waals surface area contributed by atoms with Crippen LogP contribution in [0.5, 0.6) is 0 Å². The molecule has 0 N–H and O–H groups in total. The van der Waals surface area contributed by atoms with Crippen LogP contribution < -0.4 is 0 Å². The topological polar surface area (TPSA) is 47.4 Å². The Morgan fingerprint density at radius 3 is 2.52 bits per heavy atom. The van der Waals surface area contributed by atoms with Crippen molar-refractivity contribution < 1.29 is 9.53 Å². The predicted molar refractivity (Wildman–Crippen MR) is 79.9 cm³/mol. The summed E-state index contributed by atoms with van der Waals surface area (Å²) in [5.74, 6) is 1.52. The molecular weight excluding hydrogens is 266 g/mol. The van der Waals surface area contributed by atoms with Gasteiger partial charge in [0.05, 0.1) is 12.2 Å². The van der Waals surface area contributed by atoms with Gasteiger partial charge < -0.3 is 9.64 Å². The van der Waals surface area contributed by atoms with Gasteiger partial charge in [-0.15, -0.1) is 0 Å². The molecule has 1 saturated carbocycles. The maximum Gasteiger partial charge on any atom is 0.410 e. The number of carbonyl (C=O) groups is 1. The van der Waals surface area contributed by atoms with E-state index in [4.69, 9.17) is 4.74 Å². The molecule has 5 nitrogen and oxygen atoms in total. The summed E-state index contributed by atoms with van der Waals surface area (Å²) < 4.78 is 7.50. The van der Waals surface area contributed by atoms with Crippen molar-refractivity contribution in [3.8, 4) is 0 Å². The fourth-order valence-corrected chi connectivity index (χ4v) is 2.71. The summed E-state index contributed by atoms with van der Waals surface area (Å²) in [7, 11) is 0. The first-order chi connectivity index (χ1) is 9.92. The molecule has 115 valence electrons. The van der Waals surface area contributed by atoms with Crippen LogP contribution in [0.15, 0.2) is 12.4 Å². The van der Waals surface area contributed by atoms with Gasteiger partial charge in [-0.3, -0.25) is 4.68 Å². The van der Waals surface area contributed by atoms with Gasteiger partial charge in [0.15, 0.2) is 0 Å². The third-order valence-electron chi connectivity index (χ3n) is 4.00. The van der Waals surface area contributed by atoms with Gasteiger partial charge in [0.1, 0.15) is 5.60 Å². The van der Waals surface area contributed by atoms with Gasteiger partial charge in [0, 0.05) is 25.2 Å². The Morgan fingerprint density at radius 1 is 1.29 bits per heavy atom. The number of rotatable bonds is 2. The van der Waals surface area contributed by atoms with E-state index in [1.54, 1.807) is 0 Å². The van der Waals surface area contributed by atoms with Gasteiger partial charge in [0.25, 0.3) is 0 Å². The molecule has 1 amide bonds. The average molecular weight is 290 g/mol. The smallest absolute Gasteiger partial charge is 0.410 e. The fraction of sp³-hybridized carbons (Fsp3) is 0.688. The molecule has 1 aromatic rings. The number of ether oxygens (including phenoxy) is 1. The van der Waals surface area contributed by atoms with E-state index >= 15 is 0 Å². The van der Waals surface area contributed by atoms with Crippen LogP contribution in [0, 0.1) is 5.92 Å². The lowest BCUT2D eigenvalue weighted by Crippen LogP contribution is -2.42. The van der Waals surface area contributed by atoms with Gasteiger partial charge in [-0.25, -0.2) is 4.79 Å². The van der Waals surface area contributed by atoms with Crippen LogP contribution in [0.4, 0.5) is 4.79 Å². The molecule has 0 atom stereocenters. The minimum atomic E-state index is -0.424. The van der Waals surface area contributed by atoms with Gasteiger partial charge in [-0.2, -0.15) is 5.10 Å². The van der Waals surface area contributed by atoms with Gasteiger partial charge in [0.2, 0.25) is 0 Å². The first-order valence-corrected chi connectivity index (χ1v) is 7.79. The summed E-state index contributed by atoms with van der Waals surface area (Å²) >= 11 is 0. The molecule has 1 aromatic heterocycles. The predicted octanol–water partition coefficient (Wildman–Crippen LogP) is 3.17. The highest BCUT2D eigenvalue weighted by molar-refractivity contribution is 5.68. The first-order valence-electron chi connectivity index (χ1n) is 7.79. The van der Waals surface area contributed by atoms with E-state index in [0.717, 1.165) is 25.9 Å². The minimum absolute atomic E-state index is 0.198. The highest BCUT2D eigenvalue weighted by Gasteiger charge is 2.29. The van der Waals surface area contributed by atoms with E-state index in [9.17, 15) is 4.79 Å². The van der Waals surface area contributed by atoms with Crippen LogP contribution in [0.1, 0.15) is 58.1 Å². The Balaban J connectivity index is 1.53. The molecule has 2 heterocycles. The number of hydrogen-bond acceptors (Lipinski definition) is 3. The number of nitrogens with zero attached hydrogens (tertiary/aromatic N) is 3. The maximum atomic E-state index is 12.0. The summed E-state index contributed by atoms with van der Waals surface area (Å²) in [5, 5.41) is 4.49. The van der Waals surface area contributed by atoms with Crippen molar-refractivity contribution in [1.29, 1.82) is 0 Å². The second-order valence-electron chi connectivity index (χ2n) is 7.01. The van der Waals surface area contributed by atoms with Gasteiger partial charge in [-0.05, 0) is 52.0 Å². The first kappa shape index (κ1) is 14.4. The number of amides is 1. The largest absolute Gasteiger partial charge is 0.444 e. The van der Waals surface area contributed by atoms with Crippen LogP contribution in [0.3, 0.4) is 0 Å². The number of aromatic nitrogens is 2. The van der Waals surface area contributed by atoms with Crippen LogP contribution in [-0.2, 0) is 4.74 Å². The van der Waals surface area contributed by atoms with Crippen molar-refractivity contribution in [3.63, 3.8) is 0 Å². The Morgan fingerprint density at radius 2 is 1.95 bits per heavy atom. The van der Waals surface area contributed by atoms with E-state index < -0.39 is 5.60 Å². The van der Waals surface area contributed by atoms with Gasteiger partial charge >= 0.3 is 6.09 Å². The number of piperidine rings is 1. The van der Waals surface area contributed by atoms with Crippen molar-refractivity contribution in [2.75, 3.05) is 13.1 Å². The molecule has 2 aliphatic rings. The highest BCUT2D eigenvalue weighted by atomic mass is 16.6. The molecule has 1 saturated heterocycles. The zero-order valence-electron chi connectivity index (χ0n) is 13.1. The van der Waals surface area contributed by atoms with Crippen molar-refractivity contribution >= 4 is 6.09 Å². The van der Waals surface area contributed by atoms with E-state index in [2.05, 4.69) is 16.0 Å². The second-order valence-corrected chi connectivity index (χ2v) is 7.01. The Hall–Kier alpha value is -1.52. The summed E-state index contributed by atoms with van der Waals surface area (Å²) in [5.41, 5.74) is 0.872. The quantitative estimate of drug-likeness (QED) is 0.840. The lowest BCUT2D eigenvalue weighted by molar-refractivity contribution is 0.0185. The number of hydrogen-bond donors (Lipinski definition) is 0. The number of likely N-dealkylation sites (tertiary alicyclic amines) is 1. The fourth-order valence-electron chi connectivity index (χ4n) is 2.71. The minimum Gasteiger partial charge on any atom is -0.444 e. The van der Waals surface area contributed by atoms with E-state index in [1.165, 1.54) is 24.3 Å². The molecular formula is C16H24N3O2. The van der Waals surface area contributed by atoms with Crippen molar-refractivity contribution in [1.82, 2.24) is 14.7 Å². The number of carbonyl (C=O) groups excluding carboxylic acids is 1. The monoisotopic (exact) mass is 290 g/mol. The van der Waals surface area contributed by atoms with Crippen LogP contribution >= 0.6 is 0 Å². The zero-order chi connectivity index (χ0) is 15.0. The van der Waals surface area contributed by atoms with E-state index in [-0.39, 0.29) is 6.09 Å². The molecule has 0 aromatic carbocycles. The molecule has 0 unspecified atom stereocenters. The molecule has 0 spiro atoms. The Bertz CT molecular complexity index is 506. The molecule has 1 radical (unpaired) electrons. The molecule has 0 bridgehead atoms. The van der Waals surface area contributed by atoms with Crippen molar-refractivity contribution in [3.05, 3.63) is 23.9 Å². The molecule has 21 heavy (non-hydrogen) atoms. The normalized spacial score (nSPS) is 20.6. The van der Waals surface area contributed by atoms with Crippen molar-refractivity contribution in [2.45, 2.75) is 58.1 Å². The summed E-state index contributed by atoms with van der Waals surface area (Å²) in [6, 6.07) is 0.400. The molecule has 1 aliphatic carbocycles. The second kappa shape index (κ2) is 5.35. The highest BCUT2D eigenvalue weighted by Crippen LogP contribution is 2.39. The van der Waals surface area contributed by atoms with Crippen LogP contribution in [0.25, 0.3) is 0 Å². The third kappa shape index (κ3) is 3.57. The van der Waals surface area contributed by atoms with E-state index in [0.29, 0.717) is 6.04 Å². The SMILES string of the molecule is CC(C)(C)OC(=O)N1CCC(n2cc([C]3CC3)cn2)CC1. The molecule has 5 heteroatoms. The molecule has 2 fully saturated rings. The van der Waals surface area contributed by atoms with Crippen molar-refractivity contribution in [2.24, 2.45) is 0 Å². The third-order valence-corrected chi connectivity index (χ3v) is 4.00. The Labute approximate surface area is 126 Å². The standard InChI is InChI=1S/C16H24N3O2/c1-16(2,3)21-15(20)18-8-6-14(7-9-18)19-11-13(10-17-19)12-4-5-12/h10-11,14H,4-9H2,1-3H3. The molecule has 3 rings (SSSR count). The van der Waals surface area contributed by atoms with Gasteiger partial charge in [-0.1, -0.05) is 0 Å².